The van der Waals surface area contributed by atoms with Crippen molar-refractivity contribution in [3.8, 4) is 17.2 Å². The summed E-state index contributed by atoms with van der Waals surface area (Å²) < 4.78 is 39.5. The van der Waals surface area contributed by atoms with Gasteiger partial charge in [-0.2, -0.15) is 4.31 Å². The first-order valence-electron chi connectivity index (χ1n) is 12.5. The minimum Gasteiger partial charge on any atom is -0.497 e. The number of hydrogen-bond donors (Lipinski definition) is 1. The third kappa shape index (κ3) is 5.14. The number of sulfonamides is 1. The van der Waals surface area contributed by atoms with Crippen LogP contribution in [0.25, 0.3) is 10.9 Å². The van der Waals surface area contributed by atoms with Crippen molar-refractivity contribution >= 4 is 32.4 Å². The van der Waals surface area contributed by atoms with Gasteiger partial charge in [-0.3, -0.25) is 4.98 Å². The molecular weight excluding hydrogens is 512 g/mol. The maximum absolute atomic E-state index is 13.5. The van der Waals surface area contributed by atoms with E-state index < -0.39 is 10.0 Å². The number of para-hydroxylation sites is 1. The van der Waals surface area contributed by atoms with Crippen LogP contribution < -0.4 is 14.8 Å². The molecule has 0 saturated heterocycles. The van der Waals surface area contributed by atoms with E-state index in [1.807, 2.05) is 36.4 Å². The SMILES string of the molecule is COc1ccc(Oc2ccc(S(=O)(=O)N3CCc4c(ccnc4Nc4cnc5ccccc5c4)C3)cc2)cc1. The van der Waals surface area contributed by atoms with Gasteiger partial charge in [0.05, 0.1) is 29.4 Å². The first-order chi connectivity index (χ1) is 19.0. The fourth-order valence-corrected chi connectivity index (χ4v) is 6.08. The second-order valence-electron chi connectivity index (χ2n) is 9.18. The Hall–Kier alpha value is -4.47. The average molecular weight is 539 g/mol. The van der Waals surface area contributed by atoms with Gasteiger partial charge in [-0.15, -0.1) is 0 Å². The van der Waals surface area contributed by atoms with Gasteiger partial charge < -0.3 is 14.8 Å². The molecule has 9 heteroatoms. The predicted molar refractivity (Wildman–Crippen MR) is 150 cm³/mol. The molecule has 1 N–H and O–H groups in total. The van der Waals surface area contributed by atoms with Crippen LogP contribution in [-0.2, 0) is 23.0 Å². The molecule has 0 radical (unpaired) electrons. The van der Waals surface area contributed by atoms with Gasteiger partial charge in [0.25, 0.3) is 0 Å². The number of anilines is 2. The van der Waals surface area contributed by atoms with Crippen molar-refractivity contribution in [3.63, 3.8) is 0 Å². The molecule has 0 fully saturated rings. The van der Waals surface area contributed by atoms with Crippen molar-refractivity contribution in [2.24, 2.45) is 0 Å². The normalized spacial score (nSPS) is 13.6. The number of aromatic nitrogens is 2. The number of hydrogen-bond acceptors (Lipinski definition) is 7. The van der Waals surface area contributed by atoms with Crippen molar-refractivity contribution in [1.82, 2.24) is 14.3 Å². The standard InChI is InChI=1S/C30H26N4O4S/c1-37-24-6-8-25(9-7-24)38-26-10-12-27(13-11-26)39(35,36)34-17-15-28-22(20-34)14-16-31-30(28)33-23-18-21-4-2-3-5-29(21)32-19-23/h2-14,16,18-19H,15,17,20H2,1H3,(H,31,33). The van der Waals surface area contributed by atoms with Crippen molar-refractivity contribution in [1.29, 1.82) is 0 Å². The van der Waals surface area contributed by atoms with Crippen LogP contribution in [0.3, 0.4) is 0 Å². The zero-order chi connectivity index (χ0) is 26.8. The molecule has 5 aromatic rings. The number of fused-ring (bicyclic) bond motifs is 2. The first-order valence-corrected chi connectivity index (χ1v) is 13.9. The molecule has 0 atom stereocenters. The van der Waals surface area contributed by atoms with Crippen molar-refractivity contribution in [3.05, 3.63) is 108 Å². The molecule has 0 unspecified atom stereocenters. The number of nitrogens with zero attached hydrogens (tertiary/aromatic N) is 3. The van der Waals surface area contributed by atoms with E-state index in [0.29, 0.717) is 24.5 Å². The molecule has 39 heavy (non-hydrogen) atoms. The van der Waals surface area contributed by atoms with Crippen LogP contribution in [0, 0.1) is 0 Å². The molecule has 0 bridgehead atoms. The van der Waals surface area contributed by atoms with Crippen molar-refractivity contribution < 1.29 is 17.9 Å². The molecule has 2 aromatic heterocycles. The molecule has 3 heterocycles. The Morgan fingerprint density at radius 1 is 0.872 bits per heavy atom. The molecule has 0 spiro atoms. The molecule has 1 aliphatic rings. The molecule has 6 rings (SSSR count). The van der Waals surface area contributed by atoms with Gasteiger partial charge in [0.1, 0.15) is 23.1 Å². The zero-order valence-electron chi connectivity index (χ0n) is 21.2. The van der Waals surface area contributed by atoms with Gasteiger partial charge >= 0.3 is 0 Å². The van der Waals surface area contributed by atoms with Crippen LogP contribution in [0.15, 0.2) is 102 Å². The lowest BCUT2D eigenvalue weighted by molar-refractivity contribution is 0.391. The Bertz CT molecular complexity index is 1740. The smallest absolute Gasteiger partial charge is 0.243 e. The van der Waals surface area contributed by atoms with E-state index in [2.05, 4.69) is 15.3 Å². The minimum absolute atomic E-state index is 0.225. The van der Waals surface area contributed by atoms with Crippen LogP contribution in [-0.4, -0.2) is 36.3 Å². The number of nitrogens with one attached hydrogen (secondary N) is 1. The Morgan fingerprint density at radius 3 is 2.36 bits per heavy atom. The number of methoxy groups -OCH3 is 1. The van der Waals surface area contributed by atoms with Gasteiger partial charge in [0.15, 0.2) is 0 Å². The van der Waals surface area contributed by atoms with E-state index in [1.54, 1.807) is 68.0 Å². The van der Waals surface area contributed by atoms with Gasteiger partial charge in [-0.25, -0.2) is 13.4 Å². The monoisotopic (exact) mass is 538 g/mol. The Labute approximate surface area is 226 Å². The van der Waals surface area contributed by atoms with E-state index >= 15 is 0 Å². The quantitative estimate of drug-likeness (QED) is 0.275. The highest BCUT2D eigenvalue weighted by atomic mass is 32.2. The van der Waals surface area contributed by atoms with E-state index in [0.717, 1.165) is 39.3 Å². The summed E-state index contributed by atoms with van der Waals surface area (Å²) in [7, 11) is -2.09. The largest absolute Gasteiger partial charge is 0.497 e. The van der Waals surface area contributed by atoms with Gasteiger partial charge in [0, 0.05) is 30.2 Å². The molecule has 0 saturated carbocycles. The molecule has 1 aliphatic heterocycles. The lowest BCUT2D eigenvalue weighted by Gasteiger charge is -2.29. The average Bonchev–Trinajstić information content (AvgIpc) is 2.98. The van der Waals surface area contributed by atoms with Gasteiger partial charge in [-0.05, 0) is 78.7 Å². The fourth-order valence-electron chi connectivity index (χ4n) is 4.66. The van der Waals surface area contributed by atoms with Crippen LogP contribution in [0.1, 0.15) is 11.1 Å². The highest BCUT2D eigenvalue weighted by molar-refractivity contribution is 7.89. The molecule has 0 amide bonds. The highest BCUT2D eigenvalue weighted by Crippen LogP contribution is 2.31. The van der Waals surface area contributed by atoms with Crippen LogP contribution in [0.5, 0.6) is 17.2 Å². The second-order valence-corrected chi connectivity index (χ2v) is 11.1. The lowest BCUT2D eigenvalue weighted by atomic mass is 10.0. The van der Waals surface area contributed by atoms with Gasteiger partial charge in [0.2, 0.25) is 10.0 Å². The van der Waals surface area contributed by atoms with Crippen molar-refractivity contribution in [2.75, 3.05) is 19.0 Å². The molecule has 196 valence electrons. The third-order valence-electron chi connectivity index (χ3n) is 6.72. The van der Waals surface area contributed by atoms with E-state index in [4.69, 9.17) is 9.47 Å². The summed E-state index contributed by atoms with van der Waals surface area (Å²) in [6.07, 6.45) is 4.03. The third-order valence-corrected chi connectivity index (χ3v) is 8.58. The van der Waals surface area contributed by atoms with Crippen LogP contribution >= 0.6 is 0 Å². The summed E-state index contributed by atoms with van der Waals surface area (Å²) in [6, 6.07) is 25.5. The molecule has 8 nitrogen and oxygen atoms in total. The number of ether oxygens (including phenoxy) is 2. The molecule has 3 aromatic carbocycles. The van der Waals surface area contributed by atoms with E-state index in [9.17, 15) is 8.42 Å². The lowest BCUT2D eigenvalue weighted by Crippen LogP contribution is -2.36. The number of benzene rings is 3. The summed E-state index contributed by atoms with van der Waals surface area (Å²) in [5, 5.41) is 4.41. The topological polar surface area (TPSA) is 93.7 Å². The molecular formula is C30H26N4O4S. The maximum Gasteiger partial charge on any atom is 0.243 e. The fraction of sp³-hybridized carbons (Fsp3) is 0.133. The van der Waals surface area contributed by atoms with Gasteiger partial charge in [-0.1, -0.05) is 18.2 Å². The summed E-state index contributed by atoms with van der Waals surface area (Å²) in [6.45, 7) is 0.630. The Balaban J connectivity index is 1.17. The molecule has 0 aliphatic carbocycles. The minimum atomic E-state index is -3.69. The second kappa shape index (κ2) is 10.4. The number of rotatable bonds is 7. The summed E-state index contributed by atoms with van der Waals surface area (Å²) in [5.41, 5.74) is 3.70. The van der Waals surface area contributed by atoms with Crippen LogP contribution in [0.4, 0.5) is 11.5 Å². The highest BCUT2D eigenvalue weighted by Gasteiger charge is 2.29. The van der Waals surface area contributed by atoms with Crippen LogP contribution in [0.2, 0.25) is 0 Å². The van der Waals surface area contributed by atoms with E-state index in [1.165, 1.54) is 4.31 Å². The zero-order valence-corrected chi connectivity index (χ0v) is 22.1. The van der Waals surface area contributed by atoms with E-state index in [-0.39, 0.29) is 11.4 Å². The Kier molecular flexibility index (Phi) is 6.60. The first kappa shape index (κ1) is 24.8. The summed E-state index contributed by atoms with van der Waals surface area (Å²) >= 11 is 0. The Morgan fingerprint density at radius 2 is 1.59 bits per heavy atom. The van der Waals surface area contributed by atoms with Crippen molar-refractivity contribution in [2.45, 2.75) is 17.9 Å². The number of pyridine rings is 2. The summed E-state index contributed by atoms with van der Waals surface area (Å²) in [4.78, 5) is 9.28. The predicted octanol–water partition coefficient (Wildman–Crippen LogP) is 5.92. The summed E-state index contributed by atoms with van der Waals surface area (Å²) in [5.74, 6) is 2.64. The maximum atomic E-state index is 13.5.